The maximum absolute atomic E-state index is 12.8. The second-order valence-electron chi connectivity index (χ2n) is 3.41. The lowest BCUT2D eigenvalue weighted by Crippen LogP contribution is -2.24. The van der Waals surface area contributed by atoms with Crippen molar-refractivity contribution in [2.75, 3.05) is 13.1 Å². The van der Waals surface area contributed by atoms with E-state index in [9.17, 15) is 13.6 Å². The van der Waals surface area contributed by atoms with E-state index in [-0.39, 0.29) is 18.7 Å². The van der Waals surface area contributed by atoms with Gasteiger partial charge in [-0.2, -0.15) is 0 Å². The van der Waals surface area contributed by atoms with Crippen molar-refractivity contribution < 1.29 is 13.6 Å². The van der Waals surface area contributed by atoms with E-state index in [1.54, 1.807) is 6.08 Å². The number of hydrogen-bond acceptors (Lipinski definition) is 2. The maximum Gasteiger partial charge on any atom is 0.150 e. The molecule has 0 spiro atoms. The van der Waals surface area contributed by atoms with Crippen LogP contribution < -0.4 is 5.32 Å². The van der Waals surface area contributed by atoms with Crippen molar-refractivity contribution in [3.05, 3.63) is 48.1 Å². The van der Waals surface area contributed by atoms with Gasteiger partial charge in [-0.05, 0) is 17.7 Å². The number of carbonyl (C=O) groups is 1. The molecule has 0 unspecified atom stereocenters. The van der Waals surface area contributed by atoms with Gasteiger partial charge in [0.2, 0.25) is 0 Å². The minimum absolute atomic E-state index is 0.0266. The van der Waals surface area contributed by atoms with E-state index in [2.05, 4.69) is 11.9 Å². The van der Waals surface area contributed by atoms with Crippen LogP contribution in [0.3, 0.4) is 0 Å². The second-order valence-corrected chi connectivity index (χ2v) is 3.41. The third kappa shape index (κ3) is 4.31. The first-order valence-electron chi connectivity index (χ1n) is 4.90. The fraction of sp³-hybridized carbons (Fsp3) is 0.250. The normalized spacial score (nSPS) is 10.1. The first-order valence-corrected chi connectivity index (χ1v) is 4.90. The third-order valence-electron chi connectivity index (χ3n) is 1.93. The Kier molecular flexibility index (Phi) is 4.79. The Morgan fingerprint density at radius 2 is 1.94 bits per heavy atom. The zero-order chi connectivity index (χ0) is 12.0. The smallest absolute Gasteiger partial charge is 0.150 e. The first-order chi connectivity index (χ1) is 7.61. The summed E-state index contributed by atoms with van der Waals surface area (Å²) in [6.07, 6.45) is 1.66. The van der Waals surface area contributed by atoms with Gasteiger partial charge >= 0.3 is 0 Å². The molecule has 0 saturated heterocycles. The van der Waals surface area contributed by atoms with Crippen molar-refractivity contribution >= 4 is 5.78 Å². The fourth-order valence-electron chi connectivity index (χ4n) is 1.32. The van der Waals surface area contributed by atoms with E-state index in [1.165, 1.54) is 0 Å². The molecule has 0 amide bonds. The SMILES string of the molecule is C=CCNCC(=O)Cc1cc(F)cc(F)c1. The Labute approximate surface area is 93.0 Å². The van der Waals surface area contributed by atoms with Crippen molar-refractivity contribution in [1.29, 1.82) is 0 Å². The highest BCUT2D eigenvalue weighted by molar-refractivity contribution is 5.82. The number of rotatable bonds is 6. The second kappa shape index (κ2) is 6.12. The van der Waals surface area contributed by atoms with Gasteiger partial charge in [0.05, 0.1) is 6.54 Å². The molecule has 2 nitrogen and oxygen atoms in total. The molecular weight excluding hydrogens is 212 g/mol. The molecule has 0 aliphatic heterocycles. The summed E-state index contributed by atoms with van der Waals surface area (Å²) in [4.78, 5) is 11.4. The molecule has 0 bridgehead atoms. The van der Waals surface area contributed by atoms with Gasteiger partial charge in [-0.25, -0.2) is 8.78 Å². The molecule has 0 heterocycles. The van der Waals surface area contributed by atoms with Crippen LogP contribution >= 0.6 is 0 Å². The summed E-state index contributed by atoms with van der Waals surface area (Å²) in [6, 6.07) is 3.10. The van der Waals surface area contributed by atoms with E-state index < -0.39 is 11.6 Å². The Hall–Kier alpha value is -1.55. The summed E-state index contributed by atoms with van der Waals surface area (Å²) < 4.78 is 25.6. The van der Waals surface area contributed by atoms with Crippen LogP contribution in [-0.2, 0) is 11.2 Å². The number of carbonyl (C=O) groups excluding carboxylic acids is 1. The average Bonchev–Trinajstić information content (AvgIpc) is 2.16. The highest BCUT2D eigenvalue weighted by Crippen LogP contribution is 2.08. The third-order valence-corrected chi connectivity index (χ3v) is 1.93. The minimum atomic E-state index is -0.665. The predicted molar refractivity (Wildman–Crippen MR) is 58.1 cm³/mol. The molecule has 1 N–H and O–H groups in total. The number of hydrogen-bond donors (Lipinski definition) is 1. The summed E-state index contributed by atoms with van der Waals surface area (Å²) >= 11 is 0. The predicted octanol–water partition coefficient (Wildman–Crippen LogP) is 1.85. The minimum Gasteiger partial charge on any atom is -0.307 e. The van der Waals surface area contributed by atoms with Crippen molar-refractivity contribution in [1.82, 2.24) is 5.32 Å². The Morgan fingerprint density at radius 3 is 2.50 bits per heavy atom. The summed E-state index contributed by atoms with van der Waals surface area (Å²) in [5, 5.41) is 2.83. The van der Waals surface area contributed by atoms with Crippen LogP contribution in [-0.4, -0.2) is 18.9 Å². The molecule has 4 heteroatoms. The molecule has 0 atom stereocenters. The van der Waals surface area contributed by atoms with E-state index in [4.69, 9.17) is 0 Å². The first kappa shape index (κ1) is 12.5. The molecule has 0 saturated carbocycles. The van der Waals surface area contributed by atoms with Gasteiger partial charge in [0.1, 0.15) is 11.6 Å². The zero-order valence-corrected chi connectivity index (χ0v) is 8.80. The van der Waals surface area contributed by atoms with Gasteiger partial charge < -0.3 is 5.32 Å². The number of ketones is 1. The van der Waals surface area contributed by atoms with Crippen molar-refractivity contribution in [2.24, 2.45) is 0 Å². The van der Waals surface area contributed by atoms with Crippen LogP contribution in [0.1, 0.15) is 5.56 Å². The van der Waals surface area contributed by atoms with E-state index in [0.717, 1.165) is 18.2 Å². The van der Waals surface area contributed by atoms with Crippen LogP contribution in [0.15, 0.2) is 30.9 Å². The molecule has 1 rings (SSSR count). The van der Waals surface area contributed by atoms with Crippen LogP contribution in [0.5, 0.6) is 0 Å². The average molecular weight is 225 g/mol. The summed E-state index contributed by atoms with van der Waals surface area (Å²) in [5.74, 6) is -1.45. The van der Waals surface area contributed by atoms with E-state index >= 15 is 0 Å². The molecule has 86 valence electrons. The molecule has 1 aromatic rings. The van der Waals surface area contributed by atoms with E-state index in [1.807, 2.05) is 0 Å². The molecule has 0 radical (unpaired) electrons. The maximum atomic E-state index is 12.8. The molecule has 0 fully saturated rings. The molecule has 0 aliphatic carbocycles. The summed E-state index contributed by atoms with van der Waals surface area (Å²) in [7, 11) is 0. The quantitative estimate of drug-likeness (QED) is 0.591. The Balaban J connectivity index is 2.52. The number of halogens is 2. The Morgan fingerprint density at radius 1 is 1.31 bits per heavy atom. The van der Waals surface area contributed by atoms with Gasteiger partial charge in [-0.15, -0.1) is 6.58 Å². The van der Waals surface area contributed by atoms with Gasteiger partial charge in [0, 0.05) is 19.0 Å². The zero-order valence-electron chi connectivity index (χ0n) is 8.80. The lowest BCUT2D eigenvalue weighted by atomic mass is 10.1. The van der Waals surface area contributed by atoms with Gasteiger partial charge in [0.15, 0.2) is 5.78 Å². The molecule has 16 heavy (non-hydrogen) atoms. The topological polar surface area (TPSA) is 29.1 Å². The number of Topliss-reactive ketones (excluding diaryl/α,β-unsaturated/α-hetero) is 1. The van der Waals surface area contributed by atoms with Gasteiger partial charge in [-0.1, -0.05) is 6.08 Å². The summed E-state index contributed by atoms with van der Waals surface area (Å²) in [6.45, 7) is 4.19. The van der Waals surface area contributed by atoms with Crippen LogP contribution in [0.2, 0.25) is 0 Å². The highest BCUT2D eigenvalue weighted by atomic mass is 19.1. The molecule has 0 aromatic heterocycles. The number of nitrogens with one attached hydrogen (secondary N) is 1. The van der Waals surface area contributed by atoms with Gasteiger partial charge in [0.25, 0.3) is 0 Å². The molecule has 1 aromatic carbocycles. The van der Waals surface area contributed by atoms with Crippen molar-refractivity contribution in [2.45, 2.75) is 6.42 Å². The van der Waals surface area contributed by atoms with Crippen LogP contribution in [0.4, 0.5) is 8.78 Å². The van der Waals surface area contributed by atoms with Gasteiger partial charge in [-0.3, -0.25) is 4.79 Å². The largest absolute Gasteiger partial charge is 0.307 e. The molecular formula is C12H13F2NO. The highest BCUT2D eigenvalue weighted by Gasteiger charge is 2.06. The van der Waals surface area contributed by atoms with E-state index in [0.29, 0.717) is 12.1 Å². The van der Waals surface area contributed by atoms with Crippen LogP contribution in [0, 0.1) is 11.6 Å². The lowest BCUT2D eigenvalue weighted by molar-refractivity contribution is -0.117. The van der Waals surface area contributed by atoms with Crippen molar-refractivity contribution in [3.8, 4) is 0 Å². The summed E-state index contributed by atoms with van der Waals surface area (Å²) in [5.41, 5.74) is 0.350. The Bertz CT molecular complexity index is 370. The van der Waals surface area contributed by atoms with Crippen LogP contribution in [0.25, 0.3) is 0 Å². The monoisotopic (exact) mass is 225 g/mol. The number of benzene rings is 1. The standard InChI is InChI=1S/C12H13F2NO/c1-2-3-15-8-12(16)6-9-4-10(13)7-11(14)5-9/h2,4-5,7,15H,1,3,6,8H2. The lowest BCUT2D eigenvalue weighted by Gasteiger charge is -2.02. The molecule has 0 aliphatic rings. The van der Waals surface area contributed by atoms with Crippen molar-refractivity contribution in [3.63, 3.8) is 0 Å². The fourth-order valence-corrected chi connectivity index (χ4v) is 1.32.